The van der Waals surface area contributed by atoms with Gasteiger partial charge in [-0.25, -0.2) is 0 Å². The van der Waals surface area contributed by atoms with Crippen molar-refractivity contribution in [3.8, 4) is 0 Å². The molecule has 0 bridgehead atoms. The number of hydrogen-bond acceptors (Lipinski definition) is 3. The van der Waals surface area contributed by atoms with E-state index in [0.29, 0.717) is 6.54 Å². The largest absolute Gasteiger partial charge is 0.465 e. The average Bonchev–Trinajstić information content (AvgIpc) is 2.52. The summed E-state index contributed by atoms with van der Waals surface area (Å²) in [4.78, 5) is 0. The highest BCUT2D eigenvalue weighted by Gasteiger charge is 2.30. The summed E-state index contributed by atoms with van der Waals surface area (Å²) < 4.78 is 5.67. The third-order valence-electron chi connectivity index (χ3n) is 2.90. The van der Waals surface area contributed by atoms with Gasteiger partial charge in [-0.05, 0) is 44.5 Å². The van der Waals surface area contributed by atoms with Crippen molar-refractivity contribution in [2.75, 3.05) is 13.6 Å². The molecular weight excluding hydrogens is 188 g/mol. The van der Waals surface area contributed by atoms with Crippen LogP contribution in [0.2, 0.25) is 0 Å². The molecule has 0 saturated carbocycles. The Labute approximate surface area is 92.0 Å². The van der Waals surface area contributed by atoms with Gasteiger partial charge < -0.3 is 15.5 Å². The van der Waals surface area contributed by atoms with Crippen LogP contribution in [0, 0.1) is 12.3 Å². The van der Waals surface area contributed by atoms with Crippen LogP contribution in [0.15, 0.2) is 16.5 Å². The smallest absolute Gasteiger partial charge is 0.121 e. The molecule has 0 aliphatic carbocycles. The van der Waals surface area contributed by atoms with Crippen molar-refractivity contribution in [3.63, 3.8) is 0 Å². The molecule has 0 aliphatic rings. The Morgan fingerprint density at radius 2 is 2.13 bits per heavy atom. The number of rotatable bonds is 5. The van der Waals surface area contributed by atoms with E-state index >= 15 is 0 Å². The summed E-state index contributed by atoms with van der Waals surface area (Å²) in [5, 5.41) is 3.31. The molecule has 0 aliphatic heterocycles. The fourth-order valence-electron chi connectivity index (χ4n) is 2.04. The molecule has 3 heteroatoms. The molecule has 0 saturated heterocycles. The lowest BCUT2D eigenvalue weighted by Crippen LogP contribution is -2.33. The third kappa shape index (κ3) is 2.83. The first kappa shape index (κ1) is 12.3. The highest BCUT2D eigenvalue weighted by atomic mass is 16.3. The second-order valence-corrected chi connectivity index (χ2v) is 4.70. The van der Waals surface area contributed by atoms with Gasteiger partial charge in [-0.2, -0.15) is 0 Å². The lowest BCUT2D eigenvalue weighted by Gasteiger charge is -2.32. The minimum atomic E-state index is 0.105. The van der Waals surface area contributed by atoms with Crippen molar-refractivity contribution < 1.29 is 4.42 Å². The van der Waals surface area contributed by atoms with Crippen LogP contribution < -0.4 is 11.1 Å². The van der Waals surface area contributed by atoms with E-state index in [1.165, 1.54) is 0 Å². The number of nitrogens with two attached hydrogens (primary N) is 1. The van der Waals surface area contributed by atoms with Crippen LogP contribution in [-0.2, 0) is 0 Å². The molecule has 1 aromatic heterocycles. The zero-order chi connectivity index (χ0) is 11.5. The van der Waals surface area contributed by atoms with Crippen LogP contribution in [0.5, 0.6) is 0 Å². The summed E-state index contributed by atoms with van der Waals surface area (Å²) in [7, 11) is 1.96. The summed E-state index contributed by atoms with van der Waals surface area (Å²) >= 11 is 0. The quantitative estimate of drug-likeness (QED) is 0.783. The predicted octanol–water partition coefficient (Wildman–Crippen LogP) is 2.22. The average molecular weight is 210 g/mol. The molecule has 0 amide bonds. The van der Waals surface area contributed by atoms with Gasteiger partial charge >= 0.3 is 0 Å². The Hall–Kier alpha value is -0.800. The summed E-state index contributed by atoms with van der Waals surface area (Å²) in [6.07, 6.45) is 0.970. The molecule has 1 aromatic rings. The van der Waals surface area contributed by atoms with Crippen LogP contribution in [0.25, 0.3) is 0 Å². The van der Waals surface area contributed by atoms with Crippen molar-refractivity contribution in [1.29, 1.82) is 0 Å². The lowest BCUT2D eigenvalue weighted by atomic mass is 9.80. The molecule has 0 radical (unpaired) electrons. The number of furan rings is 1. The second kappa shape index (κ2) is 4.81. The molecule has 1 unspecified atom stereocenters. The van der Waals surface area contributed by atoms with Crippen molar-refractivity contribution in [2.45, 2.75) is 33.2 Å². The first-order chi connectivity index (χ1) is 7.01. The topological polar surface area (TPSA) is 51.2 Å². The summed E-state index contributed by atoms with van der Waals surface area (Å²) in [6, 6.07) is 4.25. The highest BCUT2D eigenvalue weighted by molar-refractivity contribution is 5.12. The molecule has 3 nitrogen and oxygen atoms in total. The van der Waals surface area contributed by atoms with Gasteiger partial charge in [0.25, 0.3) is 0 Å². The monoisotopic (exact) mass is 210 g/mol. The lowest BCUT2D eigenvalue weighted by molar-refractivity contribution is 0.209. The maximum atomic E-state index is 5.67. The van der Waals surface area contributed by atoms with E-state index < -0.39 is 0 Å². The first-order valence-corrected chi connectivity index (χ1v) is 5.45. The Bertz CT molecular complexity index is 304. The fourth-order valence-corrected chi connectivity index (χ4v) is 2.04. The van der Waals surface area contributed by atoms with Crippen molar-refractivity contribution in [2.24, 2.45) is 11.1 Å². The van der Waals surface area contributed by atoms with E-state index in [-0.39, 0.29) is 11.5 Å². The van der Waals surface area contributed by atoms with E-state index in [4.69, 9.17) is 10.2 Å². The molecule has 0 aromatic carbocycles. The van der Waals surface area contributed by atoms with Gasteiger partial charge in [0.1, 0.15) is 11.5 Å². The molecule has 0 fully saturated rings. The number of nitrogens with one attached hydrogen (secondary N) is 1. The van der Waals surface area contributed by atoms with Crippen LogP contribution in [0.4, 0.5) is 0 Å². The molecular formula is C12H22N2O. The molecule has 1 rings (SSSR count). The molecule has 0 spiro atoms. The zero-order valence-electron chi connectivity index (χ0n) is 10.1. The van der Waals surface area contributed by atoms with Gasteiger partial charge in [0, 0.05) is 0 Å². The van der Waals surface area contributed by atoms with E-state index in [1.807, 2.05) is 26.1 Å². The van der Waals surface area contributed by atoms with Crippen molar-refractivity contribution >= 4 is 0 Å². The van der Waals surface area contributed by atoms with Crippen molar-refractivity contribution in [1.82, 2.24) is 5.32 Å². The van der Waals surface area contributed by atoms with Gasteiger partial charge in [0.2, 0.25) is 0 Å². The highest BCUT2D eigenvalue weighted by Crippen LogP contribution is 2.36. The fraction of sp³-hybridized carbons (Fsp3) is 0.667. The Balaban J connectivity index is 2.88. The summed E-state index contributed by atoms with van der Waals surface area (Å²) in [5.74, 6) is 1.95. The maximum absolute atomic E-state index is 5.67. The van der Waals surface area contributed by atoms with E-state index in [2.05, 4.69) is 19.2 Å². The van der Waals surface area contributed by atoms with Crippen LogP contribution in [-0.4, -0.2) is 13.6 Å². The van der Waals surface area contributed by atoms with Gasteiger partial charge in [-0.3, -0.25) is 0 Å². The SMILES string of the molecule is CNC(c1ccc(C)o1)C(C)(C)CCN. The summed E-state index contributed by atoms with van der Waals surface area (Å²) in [5.41, 5.74) is 5.74. The standard InChI is InChI=1S/C12H22N2O/c1-9-5-6-10(15-9)11(14-4)12(2,3)7-8-13/h5-6,11,14H,7-8,13H2,1-4H3. The van der Waals surface area contributed by atoms with Crippen LogP contribution in [0.1, 0.15) is 37.8 Å². The second-order valence-electron chi connectivity index (χ2n) is 4.70. The first-order valence-electron chi connectivity index (χ1n) is 5.45. The normalized spacial score (nSPS) is 14.2. The van der Waals surface area contributed by atoms with E-state index in [0.717, 1.165) is 17.9 Å². The minimum Gasteiger partial charge on any atom is -0.465 e. The third-order valence-corrected chi connectivity index (χ3v) is 2.90. The molecule has 1 heterocycles. The van der Waals surface area contributed by atoms with E-state index in [1.54, 1.807) is 0 Å². The zero-order valence-corrected chi connectivity index (χ0v) is 10.1. The minimum absolute atomic E-state index is 0.105. The predicted molar refractivity (Wildman–Crippen MR) is 62.7 cm³/mol. The van der Waals surface area contributed by atoms with Gasteiger partial charge in [0.05, 0.1) is 6.04 Å². The Morgan fingerprint density at radius 3 is 2.53 bits per heavy atom. The van der Waals surface area contributed by atoms with Crippen LogP contribution in [0.3, 0.4) is 0 Å². The molecule has 3 N–H and O–H groups in total. The summed E-state index contributed by atoms with van der Waals surface area (Å²) in [6.45, 7) is 7.08. The van der Waals surface area contributed by atoms with Gasteiger partial charge in [-0.1, -0.05) is 13.8 Å². The maximum Gasteiger partial charge on any atom is 0.121 e. The Morgan fingerprint density at radius 1 is 1.47 bits per heavy atom. The number of aryl methyl sites for hydroxylation is 1. The van der Waals surface area contributed by atoms with Gasteiger partial charge in [-0.15, -0.1) is 0 Å². The number of hydrogen-bond donors (Lipinski definition) is 2. The van der Waals surface area contributed by atoms with Gasteiger partial charge in [0.15, 0.2) is 0 Å². The van der Waals surface area contributed by atoms with Crippen molar-refractivity contribution in [3.05, 3.63) is 23.7 Å². The molecule has 86 valence electrons. The van der Waals surface area contributed by atoms with E-state index in [9.17, 15) is 0 Å². The molecule has 1 atom stereocenters. The van der Waals surface area contributed by atoms with Crippen LogP contribution >= 0.6 is 0 Å². The molecule has 15 heavy (non-hydrogen) atoms. The Kier molecular flexibility index (Phi) is 3.94.